The van der Waals surface area contributed by atoms with Gasteiger partial charge in [-0.25, -0.2) is 0 Å². The second-order valence-electron chi connectivity index (χ2n) is 4.11. The van der Waals surface area contributed by atoms with Crippen molar-refractivity contribution in [1.29, 1.82) is 0 Å². The first-order valence-electron chi connectivity index (χ1n) is 5.50. The molecule has 0 aliphatic rings. The maximum Gasteiger partial charge on any atom is 0.237 e. The van der Waals surface area contributed by atoms with Crippen LogP contribution in [-0.2, 0) is 4.79 Å². The van der Waals surface area contributed by atoms with E-state index in [2.05, 4.69) is 10.6 Å². The summed E-state index contributed by atoms with van der Waals surface area (Å²) in [5, 5.41) is 5.85. The van der Waals surface area contributed by atoms with Crippen molar-refractivity contribution in [3.63, 3.8) is 0 Å². The Kier molecular flexibility index (Phi) is 4.12. The summed E-state index contributed by atoms with van der Waals surface area (Å²) in [5.74, 6) is 1.73. The first kappa shape index (κ1) is 12.8. The van der Waals surface area contributed by atoms with Crippen molar-refractivity contribution < 1.29 is 9.21 Å². The van der Waals surface area contributed by atoms with Crippen LogP contribution in [0.4, 0.5) is 0 Å². The van der Waals surface area contributed by atoms with Gasteiger partial charge in [0, 0.05) is 5.56 Å². The Balaban J connectivity index is 2.69. The van der Waals surface area contributed by atoms with E-state index in [-0.39, 0.29) is 18.0 Å². The van der Waals surface area contributed by atoms with E-state index in [1.54, 1.807) is 7.05 Å². The summed E-state index contributed by atoms with van der Waals surface area (Å²) < 4.78 is 5.44. The summed E-state index contributed by atoms with van der Waals surface area (Å²) in [4.78, 5) is 11.7. The van der Waals surface area contributed by atoms with Gasteiger partial charge in [0.2, 0.25) is 5.91 Å². The van der Waals surface area contributed by atoms with Crippen LogP contribution in [0.3, 0.4) is 0 Å². The molecule has 4 heteroatoms. The molecule has 0 aromatic carbocycles. The molecule has 0 radical (unpaired) electrons. The number of likely N-dealkylation sites (N-methyl/N-ethyl adjacent to an activating group) is 1. The van der Waals surface area contributed by atoms with Crippen molar-refractivity contribution in [3.8, 4) is 0 Å². The monoisotopic (exact) mass is 224 g/mol. The number of carbonyl (C=O) groups excluding carboxylic acids is 1. The average Bonchev–Trinajstić information content (AvgIpc) is 2.56. The summed E-state index contributed by atoms with van der Waals surface area (Å²) in [7, 11) is 1.77. The molecule has 1 amide bonds. The maximum absolute atomic E-state index is 11.7. The summed E-state index contributed by atoms with van der Waals surface area (Å²) >= 11 is 0. The van der Waals surface area contributed by atoms with E-state index in [0.29, 0.717) is 0 Å². The number of furan rings is 1. The molecule has 2 unspecified atom stereocenters. The fraction of sp³-hybridized carbons (Fsp3) is 0.583. The molecule has 16 heavy (non-hydrogen) atoms. The van der Waals surface area contributed by atoms with E-state index in [9.17, 15) is 4.79 Å². The highest BCUT2D eigenvalue weighted by Crippen LogP contribution is 2.21. The normalized spacial score (nSPS) is 14.6. The van der Waals surface area contributed by atoms with E-state index >= 15 is 0 Å². The SMILES string of the molecule is CNC(C)C(=O)NC(C)c1cc(C)oc1C. The Morgan fingerprint density at radius 3 is 2.44 bits per heavy atom. The van der Waals surface area contributed by atoms with Crippen LogP contribution in [0, 0.1) is 13.8 Å². The van der Waals surface area contributed by atoms with Gasteiger partial charge < -0.3 is 15.1 Å². The van der Waals surface area contributed by atoms with E-state index in [1.165, 1.54) is 0 Å². The van der Waals surface area contributed by atoms with Gasteiger partial charge in [-0.1, -0.05) is 0 Å². The third-order valence-electron chi connectivity index (χ3n) is 2.73. The summed E-state index contributed by atoms with van der Waals surface area (Å²) in [6, 6.07) is 1.75. The van der Waals surface area contributed by atoms with Gasteiger partial charge in [0.1, 0.15) is 11.5 Å². The van der Waals surface area contributed by atoms with Gasteiger partial charge >= 0.3 is 0 Å². The molecular weight excluding hydrogens is 204 g/mol. The molecule has 0 aliphatic carbocycles. The zero-order valence-electron chi connectivity index (χ0n) is 10.5. The van der Waals surface area contributed by atoms with Crippen LogP contribution >= 0.6 is 0 Å². The van der Waals surface area contributed by atoms with Gasteiger partial charge in [-0.3, -0.25) is 4.79 Å². The van der Waals surface area contributed by atoms with E-state index in [4.69, 9.17) is 4.42 Å². The third kappa shape index (κ3) is 2.85. The van der Waals surface area contributed by atoms with Crippen molar-refractivity contribution in [2.24, 2.45) is 0 Å². The molecule has 2 atom stereocenters. The lowest BCUT2D eigenvalue weighted by Gasteiger charge is -2.16. The number of hydrogen-bond donors (Lipinski definition) is 2. The van der Waals surface area contributed by atoms with Gasteiger partial charge in [-0.15, -0.1) is 0 Å². The zero-order valence-corrected chi connectivity index (χ0v) is 10.5. The molecule has 0 bridgehead atoms. The van der Waals surface area contributed by atoms with Crippen molar-refractivity contribution in [1.82, 2.24) is 10.6 Å². The average molecular weight is 224 g/mol. The smallest absolute Gasteiger partial charge is 0.237 e. The van der Waals surface area contributed by atoms with Crippen molar-refractivity contribution in [2.45, 2.75) is 39.8 Å². The summed E-state index contributed by atoms with van der Waals surface area (Å²) in [6.45, 7) is 7.60. The first-order valence-corrected chi connectivity index (χ1v) is 5.50. The lowest BCUT2D eigenvalue weighted by atomic mass is 10.1. The first-order chi connectivity index (χ1) is 7.45. The Labute approximate surface area is 96.4 Å². The maximum atomic E-state index is 11.7. The molecule has 2 N–H and O–H groups in total. The van der Waals surface area contributed by atoms with Crippen LogP contribution in [0.15, 0.2) is 10.5 Å². The van der Waals surface area contributed by atoms with Gasteiger partial charge in [0.25, 0.3) is 0 Å². The van der Waals surface area contributed by atoms with Crippen LogP contribution < -0.4 is 10.6 Å². The standard InChI is InChI=1S/C12H20N2O2/c1-7-6-11(10(4)16-7)8(2)14-12(15)9(3)13-5/h6,8-9,13H,1-5H3,(H,14,15). The molecule has 0 spiro atoms. The zero-order chi connectivity index (χ0) is 12.3. The molecule has 90 valence electrons. The quantitative estimate of drug-likeness (QED) is 0.818. The minimum absolute atomic E-state index is 0.00625. The topological polar surface area (TPSA) is 54.3 Å². The predicted octanol–water partition coefficient (Wildman–Crippen LogP) is 1.68. The fourth-order valence-electron chi connectivity index (χ4n) is 1.63. The number of hydrogen-bond acceptors (Lipinski definition) is 3. The van der Waals surface area contributed by atoms with Gasteiger partial charge in [-0.2, -0.15) is 0 Å². The van der Waals surface area contributed by atoms with Gasteiger partial charge in [0.05, 0.1) is 12.1 Å². The minimum Gasteiger partial charge on any atom is -0.466 e. The fourth-order valence-corrected chi connectivity index (χ4v) is 1.63. The second-order valence-corrected chi connectivity index (χ2v) is 4.11. The van der Waals surface area contributed by atoms with Crippen LogP contribution in [0.2, 0.25) is 0 Å². The van der Waals surface area contributed by atoms with Crippen LogP contribution in [0.25, 0.3) is 0 Å². The Hall–Kier alpha value is -1.29. The van der Waals surface area contributed by atoms with Crippen LogP contribution in [0.1, 0.15) is 37.0 Å². The summed E-state index contributed by atoms with van der Waals surface area (Å²) in [6.07, 6.45) is 0. The van der Waals surface area contributed by atoms with Crippen LogP contribution in [0.5, 0.6) is 0 Å². The predicted molar refractivity (Wildman–Crippen MR) is 63.3 cm³/mol. The Morgan fingerprint density at radius 1 is 1.38 bits per heavy atom. The molecule has 0 saturated carbocycles. The molecule has 0 fully saturated rings. The highest BCUT2D eigenvalue weighted by atomic mass is 16.3. The number of amides is 1. The highest BCUT2D eigenvalue weighted by Gasteiger charge is 2.17. The molecule has 0 saturated heterocycles. The van der Waals surface area contributed by atoms with E-state index < -0.39 is 0 Å². The Morgan fingerprint density at radius 2 is 2.00 bits per heavy atom. The second kappa shape index (κ2) is 5.16. The molecule has 1 rings (SSSR count). The lowest BCUT2D eigenvalue weighted by molar-refractivity contribution is -0.123. The Bertz CT molecular complexity index is 371. The largest absolute Gasteiger partial charge is 0.466 e. The minimum atomic E-state index is -0.184. The number of aryl methyl sites for hydroxylation is 2. The van der Waals surface area contributed by atoms with Gasteiger partial charge in [0.15, 0.2) is 0 Å². The summed E-state index contributed by atoms with van der Waals surface area (Å²) in [5.41, 5.74) is 1.04. The van der Waals surface area contributed by atoms with Crippen molar-refractivity contribution >= 4 is 5.91 Å². The molecule has 1 heterocycles. The van der Waals surface area contributed by atoms with Crippen molar-refractivity contribution in [2.75, 3.05) is 7.05 Å². The molecular formula is C12H20N2O2. The van der Waals surface area contributed by atoms with E-state index in [1.807, 2.05) is 33.8 Å². The molecule has 0 aliphatic heterocycles. The molecule has 1 aromatic rings. The third-order valence-corrected chi connectivity index (χ3v) is 2.73. The van der Waals surface area contributed by atoms with Gasteiger partial charge in [-0.05, 0) is 40.8 Å². The molecule has 4 nitrogen and oxygen atoms in total. The number of rotatable bonds is 4. The van der Waals surface area contributed by atoms with Crippen molar-refractivity contribution in [3.05, 3.63) is 23.2 Å². The molecule has 1 aromatic heterocycles. The van der Waals surface area contributed by atoms with Crippen LogP contribution in [-0.4, -0.2) is 19.0 Å². The highest BCUT2D eigenvalue weighted by molar-refractivity contribution is 5.81. The van der Waals surface area contributed by atoms with E-state index in [0.717, 1.165) is 17.1 Å². The lowest BCUT2D eigenvalue weighted by Crippen LogP contribution is -2.41. The number of nitrogens with one attached hydrogen (secondary N) is 2. The number of carbonyl (C=O) groups is 1.